The van der Waals surface area contributed by atoms with E-state index in [9.17, 15) is 5.11 Å². The van der Waals surface area contributed by atoms with Crippen molar-refractivity contribution < 1.29 is 5.11 Å². The maximum Gasteiger partial charge on any atom is 0.107 e. The van der Waals surface area contributed by atoms with Crippen LogP contribution in [-0.2, 0) is 6.54 Å². The first-order valence-corrected chi connectivity index (χ1v) is 6.39. The molecular weight excluding hydrogens is 208 g/mol. The number of nitrogens with one attached hydrogen (secondary N) is 1. The van der Waals surface area contributed by atoms with Gasteiger partial charge in [-0.3, -0.25) is 0 Å². The lowest BCUT2D eigenvalue weighted by atomic mass is 9.99. The maximum atomic E-state index is 9.42. The Bertz CT molecular complexity index is 318. The van der Waals surface area contributed by atoms with E-state index in [1.165, 1.54) is 12.8 Å². The summed E-state index contributed by atoms with van der Waals surface area (Å²) in [5.41, 5.74) is 1.06. The third-order valence-corrected chi connectivity index (χ3v) is 4.11. The molecule has 1 aliphatic carbocycles. The third-order valence-electron chi connectivity index (χ3n) is 3.14. The molecule has 1 aromatic heterocycles. The van der Waals surface area contributed by atoms with Gasteiger partial charge in [-0.2, -0.15) is 0 Å². The van der Waals surface area contributed by atoms with Crippen molar-refractivity contribution in [3.8, 4) is 0 Å². The molecule has 1 saturated carbocycles. The molecule has 2 rings (SSSR count). The van der Waals surface area contributed by atoms with Gasteiger partial charge in [-0.15, -0.1) is 11.3 Å². The smallest absolute Gasteiger partial charge is 0.107 e. The molecule has 1 aromatic rings. The van der Waals surface area contributed by atoms with Gasteiger partial charge in [-0.05, 0) is 19.8 Å². The molecule has 2 N–H and O–H groups in total. The first-order chi connectivity index (χ1) is 7.24. The van der Waals surface area contributed by atoms with Crippen molar-refractivity contribution in [2.45, 2.75) is 44.7 Å². The minimum Gasteiger partial charge on any atom is -0.394 e. The summed E-state index contributed by atoms with van der Waals surface area (Å²) in [4.78, 5) is 4.41. The standard InChI is InChI=1S/C11H18N2OS/c1-9-7-15-10(13-9)6-12-11(8-14)4-2-3-5-11/h7,12,14H,2-6,8H2,1H3. The molecule has 0 amide bonds. The van der Waals surface area contributed by atoms with Gasteiger partial charge in [0.25, 0.3) is 0 Å². The predicted molar refractivity (Wildman–Crippen MR) is 62.0 cm³/mol. The number of aromatic nitrogens is 1. The average Bonchev–Trinajstić information content (AvgIpc) is 2.85. The van der Waals surface area contributed by atoms with Crippen LogP contribution in [0.3, 0.4) is 0 Å². The van der Waals surface area contributed by atoms with Crippen LogP contribution in [0.5, 0.6) is 0 Å². The minimum atomic E-state index is -0.0282. The van der Waals surface area contributed by atoms with E-state index < -0.39 is 0 Å². The predicted octanol–water partition coefficient (Wildman–Crippen LogP) is 1.85. The number of aliphatic hydroxyl groups excluding tert-OH is 1. The Kier molecular flexibility index (Phi) is 3.38. The summed E-state index contributed by atoms with van der Waals surface area (Å²) < 4.78 is 0. The molecule has 1 heterocycles. The van der Waals surface area contributed by atoms with Gasteiger partial charge in [0.15, 0.2) is 0 Å². The number of thiazole rings is 1. The SMILES string of the molecule is Cc1csc(CNC2(CO)CCCC2)n1. The Morgan fingerprint density at radius 2 is 2.27 bits per heavy atom. The van der Waals surface area contributed by atoms with Crippen molar-refractivity contribution in [3.05, 3.63) is 16.1 Å². The van der Waals surface area contributed by atoms with E-state index in [-0.39, 0.29) is 12.1 Å². The van der Waals surface area contributed by atoms with Gasteiger partial charge in [-0.25, -0.2) is 4.98 Å². The highest BCUT2D eigenvalue weighted by molar-refractivity contribution is 7.09. The zero-order valence-electron chi connectivity index (χ0n) is 9.12. The van der Waals surface area contributed by atoms with Gasteiger partial charge in [0.05, 0.1) is 6.61 Å². The normalized spacial score (nSPS) is 19.6. The zero-order chi connectivity index (χ0) is 10.7. The van der Waals surface area contributed by atoms with Gasteiger partial charge in [0.2, 0.25) is 0 Å². The van der Waals surface area contributed by atoms with Gasteiger partial charge >= 0.3 is 0 Å². The number of hydrogen-bond donors (Lipinski definition) is 2. The van der Waals surface area contributed by atoms with Crippen molar-refractivity contribution in [1.82, 2.24) is 10.3 Å². The fraction of sp³-hybridized carbons (Fsp3) is 0.727. The summed E-state index contributed by atoms with van der Waals surface area (Å²) in [6.45, 7) is 3.05. The molecule has 3 nitrogen and oxygen atoms in total. The van der Waals surface area contributed by atoms with Gasteiger partial charge < -0.3 is 10.4 Å². The van der Waals surface area contributed by atoms with Gasteiger partial charge in [0, 0.05) is 23.2 Å². The number of aryl methyl sites for hydroxylation is 1. The van der Waals surface area contributed by atoms with Crippen LogP contribution in [0.15, 0.2) is 5.38 Å². The summed E-state index contributed by atoms with van der Waals surface area (Å²) in [7, 11) is 0. The van der Waals surface area contributed by atoms with Crippen LogP contribution >= 0.6 is 11.3 Å². The van der Waals surface area contributed by atoms with Crippen molar-refractivity contribution in [2.24, 2.45) is 0 Å². The second-order valence-electron chi connectivity index (χ2n) is 4.38. The summed E-state index contributed by atoms with van der Waals surface area (Å²) in [6, 6.07) is 0. The number of nitrogens with zero attached hydrogens (tertiary/aromatic N) is 1. The van der Waals surface area contributed by atoms with Gasteiger partial charge in [-0.1, -0.05) is 12.8 Å². The summed E-state index contributed by atoms with van der Waals surface area (Å²) in [5, 5.41) is 16.1. The van der Waals surface area contributed by atoms with Crippen molar-refractivity contribution >= 4 is 11.3 Å². The van der Waals surface area contributed by atoms with Crippen molar-refractivity contribution in [2.75, 3.05) is 6.61 Å². The van der Waals surface area contributed by atoms with E-state index in [0.717, 1.165) is 30.1 Å². The van der Waals surface area contributed by atoms with Crippen LogP contribution in [0, 0.1) is 6.92 Å². The molecule has 0 saturated heterocycles. The summed E-state index contributed by atoms with van der Waals surface area (Å²) in [6.07, 6.45) is 4.64. The molecular formula is C11H18N2OS. The molecule has 0 radical (unpaired) electrons. The lowest BCUT2D eigenvalue weighted by Crippen LogP contribution is -2.45. The molecule has 0 unspecified atom stereocenters. The number of aliphatic hydroxyl groups is 1. The van der Waals surface area contributed by atoms with Crippen LogP contribution < -0.4 is 5.32 Å². The Balaban J connectivity index is 1.91. The number of hydrogen-bond acceptors (Lipinski definition) is 4. The lowest BCUT2D eigenvalue weighted by molar-refractivity contribution is 0.163. The molecule has 4 heteroatoms. The molecule has 0 bridgehead atoms. The molecule has 84 valence electrons. The Labute approximate surface area is 94.5 Å². The fourth-order valence-corrected chi connectivity index (χ4v) is 2.90. The highest BCUT2D eigenvalue weighted by atomic mass is 32.1. The molecule has 0 aromatic carbocycles. The van der Waals surface area contributed by atoms with E-state index >= 15 is 0 Å². The van der Waals surface area contributed by atoms with E-state index in [0.29, 0.717) is 0 Å². The Hall–Kier alpha value is -0.450. The van der Waals surface area contributed by atoms with Crippen molar-refractivity contribution in [1.29, 1.82) is 0 Å². The van der Waals surface area contributed by atoms with E-state index in [2.05, 4.69) is 15.7 Å². The van der Waals surface area contributed by atoms with Crippen LogP contribution in [0.25, 0.3) is 0 Å². The largest absolute Gasteiger partial charge is 0.394 e. The Morgan fingerprint density at radius 3 is 2.80 bits per heavy atom. The first kappa shape index (κ1) is 11.0. The van der Waals surface area contributed by atoms with E-state index in [1.54, 1.807) is 11.3 Å². The minimum absolute atomic E-state index is 0.0282. The van der Waals surface area contributed by atoms with Gasteiger partial charge in [0.1, 0.15) is 5.01 Å². The number of rotatable bonds is 4. The average molecular weight is 226 g/mol. The summed E-state index contributed by atoms with van der Waals surface area (Å²) >= 11 is 1.69. The molecule has 0 atom stereocenters. The van der Waals surface area contributed by atoms with Crippen LogP contribution in [0.1, 0.15) is 36.4 Å². The topological polar surface area (TPSA) is 45.1 Å². The zero-order valence-corrected chi connectivity index (χ0v) is 9.94. The monoisotopic (exact) mass is 226 g/mol. The molecule has 15 heavy (non-hydrogen) atoms. The van der Waals surface area contributed by atoms with E-state index in [1.807, 2.05) is 6.92 Å². The second kappa shape index (κ2) is 4.60. The van der Waals surface area contributed by atoms with Crippen LogP contribution in [0.4, 0.5) is 0 Å². The van der Waals surface area contributed by atoms with Crippen molar-refractivity contribution in [3.63, 3.8) is 0 Å². The van der Waals surface area contributed by atoms with Crippen LogP contribution in [0.2, 0.25) is 0 Å². The molecule has 0 spiro atoms. The Morgan fingerprint density at radius 1 is 1.53 bits per heavy atom. The fourth-order valence-electron chi connectivity index (χ4n) is 2.19. The summed E-state index contributed by atoms with van der Waals surface area (Å²) in [5.74, 6) is 0. The first-order valence-electron chi connectivity index (χ1n) is 5.51. The van der Waals surface area contributed by atoms with E-state index in [4.69, 9.17) is 0 Å². The van der Waals surface area contributed by atoms with Crippen LogP contribution in [-0.4, -0.2) is 22.2 Å². The molecule has 1 fully saturated rings. The lowest BCUT2D eigenvalue weighted by Gasteiger charge is -2.27. The maximum absolute atomic E-state index is 9.42. The highest BCUT2D eigenvalue weighted by Crippen LogP contribution is 2.29. The molecule has 1 aliphatic rings. The highest BCUT2D eigenvalue weighted by Gasteiger charge is 2.32. The second-order valence-corrected chi connectivity index (χ2v) is 5.32. The molecule has 0 aliphatic heterocycles. The third kappa shape index (κ3) is 2.56. The quantitative estimate of drug-likeness (QED) is 0.823.